The molecule has 0 aliphatic carbocycles. The lowest BCUT2D eigenvalue weighted by Crippen LogP contribution is -2.45. The molecule has 82 valence electrons. The minimum Gasteiger partial charge on any atom is -0.277 e. The second kappa shape index (κ2) is 3.59. The molecule has 4 heteroatoms. The maximum Gasteiger partial charge on any atom is 0.0864 e. The van der Waals surface area contributed by atoms with Crippen LogP contribution in [0.4, 0.5) is 0 Å². The number of thiocarbonyl (C=S) groups is 1. The number of para-hydroxylation sites is 1. The van der Waals surface area contributed by atoms with Crippen LogP contribution in [0.15, 0.2) is 29.3 Å². The Balaban J connectivity index is 2.45. The van der Waals surface area contributed by atoms with E-state index in [9.17, 15) is 0 Å². The summed E-state index contributed by atoms with van der Waals surface area (Å²) in [5, 5.41) is 2.72. The molecule has 0 radical (unpaired) electrons. The molecule has 1 nitrogen and oxygen atoms in total. The number of fused-ring (bicyclic) bond motifs is 2. The molecule has 0 spiro atoms. The molecule has 1 atom stereocenters. The number of nitrogens with zero attached hydrogens (tertiary/aromatic N) is 1. The van der Waals surface area contributed by atoms with Crippen molar-refractivity contribution >= 4 is 43.6 Å². The first-order valence-corrected chi connectivity index (χ1v) is 7.78. The minimum atomic E-state index is -0.0537. The van der Waals surface area contributed by atoms with Crippen molar-refractivity contribution in [1.29, 1.82) is 0 Å². The van der Waals surface area contributed by atoms with Crippen LogP contribution in [0.5, 0.6) is 0 Å². The van der Waals surface area contributed by atoms with Gasteiger partial charge in [0.15, 0.2) is 0 Å². The molecule has 1 aromatic carbocycles. The highest BCUT2D eigenvalue weighted by atomic mass is 33.1. The maximum atomic E-state index is 5.46. The van der Waals surface area contributed by atoms with Crippen LogP contribution in [0.2, 0.25) is 0 Å². The third-order valence-electron chi connectivity index (χ3n) is 2.95. The highest BCUT2D eigenvalue weighted by molar-refractivity contribution is 8.85. The van der Waals surface area contributed by atoms with E-state index in [2.05, 4.69) is 32.0 Å². The first kappa shape index (κ1) is 10.8. The molecule has 2 aliphatic heterocycles. The smallest absolute Gasteiger partial charge is 0.0864 e. The number of hydrogen-bond donors (Lipinski definition) is 0. The predicted molar refractivity (Wildman–Crippen MR) is 76.3 cm³/mol. The van der Waals surface area contributed by atoms with Gasteiger partial charge in [0.25, 0.3) is 0 Å². The van der Waals surface area contributed by atoms with Gasteiger partial charge in [-0.1, -0.05) is 41.2 Å². The Morgan fingerprint density at radius 2 is 2.06 bits per heavy atom. The molecule has 1 saturated heterocycles. The van der Waals surface area contributed by atoms with E-state index in [4.69, 9.17) is 17.2 Å². The van der Waals surface area contributed by atoms with Crippen LogP contribution >= 0.6 is 33.8 Å². The van der Waals surface area contributed by atoms with Crippen molar-refractivity contribution in [2.75, 3.05) is 0 Å². The quantitative estimate of drug-likeness (QED) is 0.528. The van der Waals surface area contributed by atoms with E-state index < -0.39 is 0 Å². The Bertz CT molecular complexity index is 589. The van der Waals surface area contributed by atoms with E-state index in [-0.39, 0.29) is 5.54 Å². The Morgan fingerprint density at radius 3 is 2.88 bits per heavy atom. The second-order valence-electron chi connectivity index (χ2n) is 4.54. The summed E-state index contributed by atoms with van der Waals surface area (Å²) >= 11 is 5.46. The summed E-state index contributed by atoms with van der Waals surface area (Å²) in [6.45, 7) is 4.38. The van der Waals surface area contributed by atoms with Gasteiger partial charge < -0.3 is 0 Å². The van der Waals surface area contributed by atoms with Gasteiger partial charge in [-0.15, -0.1) is 0 Å². The van der Waals surface area contributed by atoms with Gasteiger partial charge in [0.05, 0.1) is 20.3 Å². The van der Waals surface area contributed by atoms with Crippen molar-refractivity contribution in [2.24, 2.45) is 4.99 Å². The monoisotopic (exact) mass is 265 g/mol. The summed E-state index contributed by atoms with van der Waals surface area (Å²) in [6, 6.07) is 8.32. The van der Waals surface area contributed by atoms with Gasteiger partial charge in [-0.05, 0) is 30.7 Å². The van der Waals surface area contributed by atoms with Gasteiger partial charge in [-0.25, -0.2) is 0 Å². The minimum absolute atomic E-state index is 0.0537. The molecule has 0 amide bonds. The summed E-state index contributed by atoms with van der Waals surface area (Å²) in [5.74, 6) is 0. The van der Waals surface area contributed by atoms with Crippen LogP contribution in [0.1, 0.15) is 13.8 Å². The third-order valence-corrected chi connectivity index (χ3v) is 6.57. The Hall–Kier alpha value is -0.320. The van der Waals surface area contributed by atoms with Crippen molar-refractivity contribution < 1.29 is 0 Å². The van der Waals surface area contributed by atoms with Crippen molar-refractivity contribution in [3.63, 3.8) is 0 Å². The van der Waals surface area contributed by atoms with Crippen LogP contribution in [0, 0.1) is 0 Å². The lowest BCUT2D eigenvalue weighted by atomic mass is 9.91. The Labute approximate surface area is 108 Å². The van der Waals surface area contributed by atoms with Crippen LogP contribution in [0.3, 0.4) is 0 Å². The van der Waals surface area contributed by atoms with Crippen LogP contribution < -0.4 is 10.6 Å². The van der Waals surface area contributed by atoms with Crippen molar-refractivity contribution in [3.8, 4) is 0 Å². The van der Waals surface area contributed by atoms with Crippen LogP contribution in [0.25, 0.3) is 5.57 Å². The molecule has 0 N–H and O–H groups in total. The maximum absolute atomic E-state index is 5.46. The van der Waals surface area contributed by atoms with E-state index in [1.54, 1.807) is 10.8 Å². The summed E-state index contributed by atoms with van der Waals surface area (Å²) < 4.78 is 1.03. The van der Waals surface area contributed by atoms with Gasteiger partial charge >= 0.3 is 0 Å². The Kier molecular flexibility index (Phi) is 2.42. The highest BCUT2D eigenvalue weighted by Crippen LogP contribution is 2.49. The zero-order chi connectivity index (χ0) is 11.3. The lowest BCUT2D eigenvalue weighted by Gasteiger charge is -2.29. The molecule has 0 bridgehead atoms. The van der Waals surface area contributed by atoms with E-state index in [0.717, 1.165) is 9.55 Å². The van der Waals surface area contributed by atoms with Gasteiger partial charge in [-0.2, -0.15) is 0 Å². The molecule has 3 rings (SSSR count). The number of rotatable bonds is 0. The average molecular weight is 265 g/mol. The molecule has 1 aromatic rings. The van der Waals surface area contributed by atoms with Crippen LogP contribution in [-0.4, -0.2) is 15.0 Å². The van der Waals surface area contributed by atoms with E-state index in [0.29, 0.717) is 5.25 Å². The van der Waals surface area contributed by atoms with E-state index in [1.165, 1.54) is 10.8 Å². The van der Waals surface area contributed by atoms with Crippen molar-refractivity contribution in [3.05, 3.63) is 34.8 Å². The molecule has 1 unspecified atom stereocenters. The Morgan fingerprint density at radius 1 is 1.31 bits per heavy atom. The molecule has 1 fully saturated rings. The molecule has 16 heavy (non-hydrogen) atoms. The normalized spacial score (nSPS) is 26.0. The summed E-state index contributed by atoms with van der Waals surface area (Å²) in [6.07, 6.45) is 0. The van der Waals surface area contributed by atoms with Crippen molar-refractivity contribution in [2.45, 2.75) is 24.6 Å². The molecule has 2 heterocycles. The standard InChI is InChI=1S/C12H11NS3/c1-12(2)10-9(11(14)16-15-10)7-5-3-4-6-8(7)13-12/h3-6,10H,1-2H3. The zero-order valence-electron chi connectivity index (χ0n) is 9.06. The predicted octanol–water partition coefficient (Wildman–Crippen LogP) is 2.34. The first-order chi connectivity index (χ1) is 7.59. The molecule has 2 aliphatic rings. The lowest BCUT2D eigenvalue weighted by molar-refractivity contribution is 0.529. The second-order valence-corrected chi connectivity index (χ2v) is 7.53. The molecule has 0 saturated carbocycles. The van der Waals surface area contributed by atoms with Gasteiger partial charge in [0.2, 0.25) is 0 Å². The number of benzene rings is 1. The van der Waals surface area contributed by atoms with Crippen molar-refractivity contribution in [1.82, 2.24) is 0 Å². The van der Waals surface area contributed by atoms with Crippen LogP contribution in [-0.2, 0) is 0 Å². The van der Waals surface area contributed by atoms with E-state index >= 15 is 0 Å². The number of hydrogen-bond acceptors (Lipinski definition) is 4. The third kappa shape index (κ3) is 1.47. The summed E-state index contributed by atoms with van der Waals surface area (Å²) in [4.78, 5) is 4.84. The summed E-state index contributed by atoms with van der Waals surface area (Å²) in [7, 11) is 3.57. The fraction of sp³-hybridized carbons (Fsp3) is 0.333. The highest BCUT2D eigenvalue weighted by Gasteiger charge is 2.41. The van der Waals surface area contributed by atoms with E-state index in [1.807, 2.05) is 16.9 Å². The molecular weight excluding hydrogens is 254 g/mol. The zero-order valence-corrected chi connectivity index (χ0v) is 11.5. The SMILES string of the molecule is CC1(C)N=c2ccccc2=C2C(=S)SSC21. The fourth-order valence-corrected chi connectivity index (χ4v) is 5.86. The fourth-order valence-electron chi connectivity index (χ4n) is 2.18. The van der Waals surface area contributed by atoms with Gasteiger partial charge in [0.1, 0.15) is 0 Å². The van der Waals surface area contributed by atoms with Gasteiger partial charge in [-0.3, -0.25) is 4.99 Å². The topological polar surface area (TPSA) is 12.4 Å². The van der Waals surface area contributed by atoms with Gasteiger partial charge in [0, 0.05) is 10.8 Å². The molecular formula is C12H11NS3. The summed E-state index contributed by atoms with van der Waals surface area (Å²) in [5.41, 5.74) is 1.27. The largest absolute Gasteiger partial charge is 0.277 e. The first-order valence-electron chi connectivity index (χ1n) is 5.16. The average Bonchev–Trinajstić information content (AvgIpc) is 2.61. The molecule has 0 aromatic heterocycles.